The monoisotopic (exact) mass is 735 g/mol. The first kappa shape index (κ1) is 37.8. The van der Waals surface area contributed by atoms with Crippen LogP contribution in [0.3, 0.4) is 0 Å². The summed E-state index contributed by atoms with van der Waals surface area (Å²) >= 11 is 1.43. The van der Waals surface area contributed by atoms with Crippen LogP contribution >= 0.6 is 11.3 Å². The van der Waals surface area contributed by atoms with Crippen LogP contribution < -0.4 is 36.0 Å². The first-order valence-electron chi connectivity index (χ1n) is 16.7. The van der Waals surface area contributed by atoms with Gasteiger partial charge in [0.05, 0.1) is 29.0 Å². The highest BCUT2D eigenvalue weighted by molar-refractivity contribution is 7.90. The van der Waals surface area contributed by atoms with Crippen molar-refractivity contribution in [1.29, 1.82) is 0 Å². The Balaban J connectivity index is 1.34. The van der Waals surface area contributed by atoms with E-state index in [1.54, 1.807) is 55.2 Å². The zero-order valence-corrected chi connectivity index (χ0v) is 30.4. The number of aliphatic hydroxyl groups excluding tert-OH is 1. The van der Waals surface area contributed by atoms with Gasteiger partial charge in [-0.05, 0) is 80.3 Å². The Labute approximate surface area is 302 Å². The first-order valence-corrected chi connectivity index (χ1v) is 19.1. The van der Waals surface area contributed by atoms with Crippen molar-refractivity contribution in [1.82, 2.24) is 36.0 Å². The van der Waals surface area contributed by atoms with Gasteiger partial charge in [-0.15, -0.1) is 11.3 Å². The van der Waals surface area contributed by atoms with Gasteiger partial charge in [0.2, 0.25) is 5.91 Å². The molecule has 8 N–H and O–H groups in total. The minimum absolute atomic E-state index is 0.157. The average molecular weight is 736 g/mol. The number of hydrogen-bond donors (Lipinski definition) is 7. The van der Waals surface area contributed by atoms with E-state index in [9.17, 15) is 23.1 Å². The third-order valence-electron chi connectivity index (χ3n) is 8.64. The van der Waals surface area contributed by atoms with Crippen LogP contribution in [0.25, 0.3) is 0 Å². The molecule has 2 aromatic heterocycles. The van der Waals surface area contributed by atoms with Crippen molar-refractivity contribution in [3.05, 3.63) is 106 Å². The number of nitrogen functional groups attached to an aromatic ring is 1. The van der Waals surface area contributed by atoms with E-state index in [1.807, 2.05) is 37.4 Å². The molecule has 3 heterocycles. The van der Waals surface area contributed by atoms with Crippen LogP contribution in [0.15, 0.2) is 77.9 Å². The van der Waals surface area contributed by atoms with Gasteiger partial charge in [0.25, 0.3) is 5.91 Å². The van der Waals surface area contributed by atoms with Crippen LogP contribution in [0.5, 0.6) is 0 Å². The van der Waals surface area contributed by atoms with Crippen molar-refractivity contribution in [3.8, 4) is 0 Å². The van der Waals surface area contributed by atoms with E-state index in [1.165, 1.54) is 21.7 Å². The Bertz CT molecular complexity index is 1860. The Kier molecular flexibility index (Phi) is 12.7. The molecule has 16 heteroatoms. The van der Waals surface area contributed by atoms with Crippen molar-refractivity contribution in [3.63, 3.8) is 0 Å². The molecule has 0 bridgehead atoms. The SMILES string of the molecule is CC(NC(O)c1cc(C(=O)N[C@H](CN[C@@H](C)C(=O)N[C@H](C)c2ccc(N)cc2)Cc2cscn2)cc(N2CCCNS2(=O)=O)c1)c1cccnc1. The number of nitrogens with zero attached hydrogens (tertiary/aromatic N) is 3. The summed E-state index contributed by atoms with van der Waals surface area (Å²) in [5.74, 6) is -0.696. The predicted molar refractivity (Wildman–Crippen MR) is 198 cm³/mol. The summed E-state index contributed by atoms with van der Waals surface area (Å²) in [7, 11) is -3.86. The van der Waals surface area contributed by atoms with Crippen LogP contribution in [0, 0.1) is 0 Å². The summed E-state index contributed by atoms with van der Waals surface area (Å²) in [5, 5.41) is 25.6. The first-order chi connectivity index (χ1) is 24.4. The maximum Gasteiger partial charge on any atom is 0.301 e. The second kappa shape index (κ2) is 17.2. The third-order valence-corrected chi connectivity index (χ3v) is 10.8. The Morgan fingerprint density at radius 1 is 1.04 bits per heavy atom. The molecule has 4 aromatic rings. The quantitative estimate of drug-likeness (QED) is 0.0703. The number of benzene rings is 2. The molecule has 1 saturated heterocycles. The number of anilines is 2. The number of aliphatic hydroxyl groups is 1. The van der Waals surface area contributed by atoms with E-state index < -0.39 is 34.4 Å². The predicted octanol–water partition coefficient (Wildman–Crippen LogP) is 2.70. The molecule has 1 aliphatic heterocycles. The number of nitrogens with one attached hydrogen (secondary N) is 5. The van der Waals surface area contributed by atoms with Gasteiger partial charge >= 0.3 is 10.2 Å². The maximum absolute atomic E-state index is 14.0. The largest absolute Gasteiger partial charge is 0.399 e. The molecule has 2 unspecified atom stereocenters. The van der Waals surface area contributed by atoms with Crippen LogP contribution in [0.4, 0.5) is 11.4 Å². The molecule has 5 atom stereocenters. The lowest BCUT2D eigenvalue weighted by Gasteiger charge is -2.30. The summed E-state index contributed by atoms with van der Waals surface area (Å²) in [6.45, 7) is 6.26. The third kappa shape index (κ3) is 10.3. The number of nitrogens with two attached hydrogens (primary N) is 1. The molecule has 5 rings (SSSR count). The summed E-state index contributed by atoms with van der Waals surface area (Å²) < 4.78 is 29.7. The van der Waals surface area contributed by atoms with Crippen LogP contribution in [0.2, 0.25) is 0 Å². The molecule has 2 aromatic carbocycles. The number of aromatic nitrogens is 2. The van der Waals surface area contributed by atoms with Gasteiger partial charge in [-0.2, -0.15) is 13.1 Å². The lowest BCUT2D eigenvalue weighted by Crippen LogP contribution is -2.50. The molecular formula is C35H45N9O5S2. The topological polar surface area (TPSA) is 204 Å². The normalized spacial score (nSPS) is 17.1. The highest BCUT2D eigenvalue weighted by Gasteiger charge is 2.28. The molecule has 272 valence electrons. The van der Waals surface area contributed by atoms with Gasteiger partial charge in [-0.25, -0.2) is 4.98 Å². The number of carbonyl (C=O) groups excluding carboxylic acids is 2. The molecular weight excluding hydrogens is 691 g/mol. The molecule has 0 spiro atoms. The van der Waals surface area contributed by atoms with Crippen molar-refractivity contribution < 1.29 is 23.1 Å². The van der Waals surface area contributed by atoms with Gasteiger partial charge in [0.1, 0.15) is 6.23 Å². The minimum atomic E-state index is -3.86. The molecule has 0 aliphatic carbocycles. The summed E-state index contributed by atoms with van der Waals surface area (Å²) in [4.78, 5) is 35.6. The zero-order chi connectivity index (χ0) is 36.5. The fourth-order valence-corrected chi connectivity index (χ4v) is 7.55. The van der Waals surface area contributed by atoms with Crippen molar-refractivity contribution in [2.45, 2.75) is 64.0 Å². The van der Waals surface area contributed by atoms with Gasteiger partial charge < -0.3 is 26.8 Å². The number of rotatable bonds is 15. The molecule has 0 radical (unpaired) electrons. The molecule has 1 fully saturated rings. The summed E-state index contributed by atoms with van der Waals surface area (Å²) in [6, 6.07) is 13.9. The van der Waals surface area contributed by atoms with E-state index in [0.29, 0.717) is 30.6 Å². The van der Waals surface area contributed by atoms with Crippen LogP contribution in [-0.4, -0.2) is 67.0 Å². The molecule has 14 nitrogen and oxygen atoms in total. The number of thiazole rings is 1. The van der Waals surface area contributed by atoms with E-state index in [2.05, 4.69) is 36.0 Å². The Hall–Kier alpha value is -4.45. The fourth-order valence-electron chi connectivity index (χ4n) is 5.67. The Morgan fingerprint density at radius 2 is 1.82 bits per heavy atom. The second-order valence-electron chi connectivity index (χ2n) is 12.6. The number of carbonyl (C=O) groups is 2. The van der Waals surface area contributed by atoms with Crippen molar-refractivity contribution in [2.75, 3.05) is 29.7 Å². The lowest BCUT2D eigenvalue weighted by molar-refractivity contribution is -0.123. The van der Waals surface area contributed by atoms with Crippen molar-refractivity contribution in [2.24, 2.45) is 0 Å². The van der Waals surface area contributed by atoms with Crippen LogP contribution in [-0.2, 0) is 21.4 Å². The number of hydrogen-bond acceptors (Lipinski definition) is 11. The van der Waals surface area contributed by atoms with Gasteiger partial charge in [-0.3, -0.25) is 24.2 Å². The van der Waals surface area contributed by atoms with Gasteiger partial charge in [0.15, 0.2) is 0 Å². The summed E-state index contributed by atoms with van der Waals surface area (Å²) in [5.41, 5.74) is 11.4. The highest BCUT2D eigenvalue weighted by atomic mass is 32.2. The lowest BCUT2D eigenvalue weighted by atomic mass is 10.0. The van der Waals surface area contributed by atoms with Gasteiger partial charge in [-0.1, -0.05) is 18.2 Å². The van der Waals surface area contributed by atoms with E-state index in [4.69, 9.17) is 5.73 Å². The Morgan fingerprint density at radius 3 is 2.51 bits per heavy atom. The molecule has 1 aliphatic rings. The molecule has 2 amide bonds. The second-order valence-corrected chi connectivity index (χ2v) is 15.0. The van der Waals surface area contributed by atoms with E-state index in [0.717, 1.165) is 16.8 Å². The zero-order valence-electron chi connectivity index (χ0n) is 28.7. The smallest absolute Gasteiger partial charge is 0.301 e. The summed E-state index contributed by atoms with van der Waals surface area (Å²) in [6.07, 6.45) is 3.05. The highest BCUT2D eigenvalue weighted by Crippen LogP contribution is 2.27. The van der Waals surface area contributed by atoms with E-state index >= 15 is 0 Å². The number of pyridine rings is 1. The minimum Gasteiger partial charge on any atom is -0.399 e. The van der Waals surface area contributed by atoms with E-state index in [-0.39, 0.29) is 42.3 Å². The maximum atomic E-state index is 14.0. The molecule has 0 saturated carbocycles. The van der Waals surface area contributed by atoms with Crippen LogP contribution in [0.1, 0.15) is 78.2 Å². The number of amides is 2. The van der Waals surface area contributed by atoms with Crippen molar-refractivity contribution >= 4 is 44.7 Å². The molecule has 51 heavy (non-hydrogen) atoms. The fraction of sp³-hybridized carbons (Fsp3) is 0.371. The van der Waals surface area contributed by atoms with Gasteiger partial charge in [0, 0.05) is 67.2 Å². The standard InChI is InChI=1S/C35H45N9O5S2/c1-22(25-7-9-29(36)10-8-25)41-33(45)24(3)38-19-30(17-31-20-50-21-39-31)43-35(47)28-14-27(34(46)42-23(2)26-6-4-11-37-18-26)15-32(16-28)44-13-5-12-40-51(44,48)49/h4,6-11,14-16,18,20-24,30,34,38,40,42,46H,5,12-13,17,19,36H2,1-3H3,(H,41,45)(H,43,47)/t22-,23?,24+,30+,34?/m1/s1. The average Bonchev–Trinajstić information content (AvgIpc) is 3.63.